The molecule has 3 N–H and O–H groups in total. The number of carbonyl (C=O) groups excluding carboxylic acids is 3. The molecule has 4 rings (SSSR count). The van der Waals surface area contributed by atoms with Crippen molar-refractivity contribution < 1.29 is 40.9 Å². The molecule has 43 heavy (non-hydrogen) atoms. The van der Waals surface area contributed by atoms with Crippen LogP contribution in [0.5, 0.6) is 0 Å². The first-order valence-electron chi connectivity index (χ1n) is 13.3. The number of hydrogen-bond donors (Lipinski definition) is 2. The van der Waals surface area contributed by atoms with Gasteiger partial charge in [-0.2, -0.15) is 13.2 Å². The minimum atomic E-state index is -4.69. The number of halogens is 4. The van der Waals surface area contributed by atoms with Gasteiger partial charge in [0, 0.05) is 37.8 Å². The van der Waals surface area contributed by atoms with Crippen LogP contribution in [0.25, 0.3) is 0 Å². The van der Waals surface area contributed by atoms with Crippen LogP contribution >= 0.6 is 0 Å². The fourth-order valence-electron chi connectivity index (χ4n) is 4.59. The fraction of sp³-hybridized carbons (Fsp3) is 0.429. The largest absolute Gasteiger partial charge is 0.443 e. The van der Waals surface area contributed by atoms with E-state index in [9.17, 15) is 36.2 Å². The van der Waals surface area contributed by atoms with Gasteiger partial charge in [-0.1, -0.05) is 20.8 Å². The van der Waals surface area contributed by atoms with E-state index in [1.807, 2.05) is 0 Å². The van der Waals surface area contributed by atoms with E-state index in [0.717, 1.165) is 23.3 Å². The molecule has 0 aliphatic carbocycles. The number of nitrogens with two attached hydrogens (primary N) is 1. The molecule has 232 valence electrons. The number of amides is 3. The number of aromatic nitrogens is 1. The molecule has 10 nitrogen and oxygen atoms in total. The van der Waals surface area contributed by atoms with Crippen LogP contribution in [0, 0.1) is 11.2 Å². The normalized spacial score (nSPS) is 16.5. The number of ether oxygens (including phenoxy) is 1. The molecule has 3 amide bonds. The Morgan fingerprint density at radius 3 is 2.26 bits per heavy atom. The molecule has 2 aliphatic heterocycles. The molecular formula is C28H31F4N5O5S. The predicted octanol–water partition coefficient (Wildman–Crippen LogP) is 4.39. The lowest BCUT2D eigenvalue weighted by Gasteiger charge is -2.37. The van der Waals surface area contributed by atoms with Gasteiger partial charge in [-0.25, -0.2) is 18.5 Å². The van der Waals surface area contributed by atoms with Crippen molar-refractivity contribution in [1.29, 1.82) is 0 Å². The van der Waals surface area contributed by atoms with Gasteiger partial charge in [-0.3, -0.25) is 14.6 Å². The van der Waals surface area contributed by atoms with Crippen molar-refractivity contribution in [2.75, 3.05) is 31.5 Å². The van der Waals surface area contributed by atoms with Gasteiger partial charge in [-0.15, -0.1) is 0 Å². The lowest BCUT2D eigenvalue weighted by Crippen LogP contribution is -2.44. The van der Waals surface area contributed by atoms with Gasteiger partial charge >= 0.3 is 12.3 Å². The Morgan fingerprint density at radius 1 is 1.05 bits per heavy atom. The summed E-state index contributed by atoms with van der Waals surface area (Å²) >= 11 is 0. The van der Waals surface area contributed by atoms with Crippen molar-refractivity contribution in [2.45, 2.75) is 51.3 Å². The summed E-state index contributed by atoms with van der Waals surface area (Å²) in [5, 5.41) is 7.73. The number of rotatable bonds is 5. The van der Waals surface area contributed by atoms with E-state index in [0.29, 0.717) is 19.0 Å². The summed E-state index contributed by atoms with van der Waals surface area (Å²) < 4.78 is 71.1. The van der Waals surface area contributed by atoms with Crippen LogP contribution in [-0.2, 0) is 33.3 Å². The maximum Gasteiger partial charge on any atom is 0.417 e. The quantitative estimate of drug-likeness (QED) is 0.374. The monoisotopic (exact) mass is 625 g/mol. The second-order valence-corrected chi connectivity index (χ2v) is 12.3. The number of carbonyl (C=O) groups is 3. The van der Waals surface area contributed by atoms with E-state index in [4.69, 9.17) is 9.88 Å². The molecule has 0 saturated heterocycles. The summed E-state index contributed by atoms with van der Waals surface area (Å²) in [4.78, 5) is 45.1. The van der Waals surface area contributed by atoms with Crippen molar-refractivity contribution in [3.63, 3.8) is 0 Å². The maximum atomic E-state index is 14.5. The van der Waals surface area contributed by atoms with Gasteiger partial charge < -0.3 is 19.9 Å². The van der Waals surface area contributed by atoms with E-state index in [1.165, 1.54) is 21.9 Å². The molecule has 0 spiro atoms. The number of pyridine rings is 1. The van der Waals surface area contributed by atoms with E-state index in [2.05, 4.69) is 10.3 Å². The Hall–Kier alpha value is -3.85. The first-order valence-corrected chi connectivity index (χ1v) is 14.5. The summed E-state index contributed by atoms with van der Waals surface area (Å²) in [7, 11) is -1.88. The summed E-state index contributed by atoms with van der Waals surface area (Å²) in [5.41, 5.74) is -0.473. The van der Waals surface area contributed by atoms with Crippen LogP contribution < -0.4 is 10.5 Å². The molecule has 2 aliphatic rings. The van der Waals surface area contributed by atoms with Crippen molar-refractivity contribution >= 4 is 34.6 Å². The van der Waals surface area contributed by atoms with Crippen molar-refractivity contribution in [2.24, 2.45) is 10.6 Å². The minimum absolute atomic E-state index is 0.0411. The summed E-state index contributed by atoms with van der Waals surface area (Å²) in [5.74, 6) is -1.87. The zero-order valence-electron chi connectivity index (χ0n) is 23.7. The van der Waals surface area contributed by atoms with Gasteiger partial charge in [0.2, 0.25) is 5.91 Å². The Bertz CT molecular complexity index is 1510. The molecule has 1 aromatic carbocycles. The van der Waals surface area contributed by atoms with Crippen LogP contribution in [0.2, 0.25) is 0 Å². The van der Waals surface area contributed by atoms with Crippen molar-refractivity contribution in [1.82, 2.24) is 14.8 Å². The molecule has 0 saturated carbocycles. The Kier molecular flexibility index (Phi) is 9.25. The molecule has 0 fully saturated rings. The average molecular weight is 626 g/mol. The smallest absolute Gasteiger partial charge is 0.417 e. The molecular weight excluding hydrogens is 594 g/mol. The lowest BCUT2D eigenvalue weighted by atomic mass is 9.93. The number of nitrogens with zero attached hydrogens (tertiary/aromatic N) is 3. The Balaban J connectivity index is 1.40. The second-order valence-electron chi connectivity index (χ2n) is 11.3. The van der Waals surface area contributed by atoms with Crippen LogP contribution in [0.15, 0.2) is 46.5 Å². The predicted molar refractivity (Wildman–Crippen MR) is 148 cm³/mol. The molecule has 2 aromatic rings. The summed E-state index contributed by atoms with van der Waals surface area (Å²) in [6.07, 6.45) is -3.90. The lowest BCUT2D eigenvalue weighted by molar-refractivity contribution is -0.137. The number of nitrogens with one attached hydrogen (secondary N) is 1. The zero-order valence-corrected chi connectivity index (χ0v) is 24.5. The first kappa shape index (κ1) is 32.1. The molecule has 1 aromatic heterocycles. The number of benzene rings is 1. The van der Waals surface area contributed by atoms with Gasteiger partial charge in [0.1, 0.15) is 29.1 Å². The van der Waals surface area contributed by atoms with Crippen molar-refractivity contribution in [3.05, 3.63) is 64.2 Å². The molecule has 1 atom stereocenters. The van der Waals surface area contributed by atoms with Gasteiger partial charge in [0.25, 0.3) is 5.91 Å². The highest BCUT2D eigenvalue weighted by Crippen LogP contribution is 2.32. The third kappa shape index (κ3) is 7.57. The highest BCUT2D eigenvalue weighted by atomic mass is 32.2. The highest BCUT2D eigenvalue weighted by Gasteiger charge is 2.34. The van der Waals surface area contributed by atoms with E-state index in [1.54, 1.807) is 20.8 Å². The standard InChI is InChI=1S/C28H31F4N5O5S/c1-27(2,3)25(39)35-22-10-18(28(30,31)32)12-34-23(22)15-42-26(40)37-9-7-16-13-36(8-6-17(16)14-37)24(38)20-5-4-19(43(33)41)11-21(20)29/h4-5,10-12H,6-9,13-15,33H2,1-3H3,(H,35,39). The van der Waals surface area contributed by atoms with Gasteiger partial charge in [-0.05, 0) is 48.3 Å². The third-order valence-electron chi connectivity index (χ3n) is 7.14. The maximum absolute atomic E-state index is 14.5. The van der Waals surface area contributed by atoms with E-state index in [-0.39, 0.29) is 48.0 Å². The number of hydrogen-bond acceptors (Lipinski definition) is 6. The Morgan fingerprint density at radius 2 is 1.67 bits per heavy atom. The van der Waals surface area contributed by atoms with Crippen LogP contribution in [0.4, 0.5) is 28.0 Å². The molecule has 3 heterocycles. The molecule has 0 bridgehead atoms. The molecule has 1 unspecified atom stereocenters. The van der Waals surface area contributed by atoms with E-state index < -0.39 is 58.5 Å². The highest BCUT2D eigenvalue weighted by molar-refractivity contribution is 7.82. The topological polar surface area (TPSA) is 135 Å². The average Bonchev–Trinajstić information content (AvgIpc) is 2.94. The van der Waals surface area contributed by atoms with Crippen LogP contribution in [0.1, 0.15) is 55.2 Å². The molecule has 15 heteroatoms. The molecule has 0 radical (unpaired) electrons. The van der Waals surface area contributed by atoms with Crippen LogP contribution in [0.3, 0.4) is 0 Å². The number of alkyl halides is 3. The van der Waals surface area contributed by atoms with Gasteiger partial charge in [0.05, 0.1) is 21.7 Å². The van der Waals surface area contributed by atoms with Crippen molar-refractivity contribution in [3.8, 4) is 0 Å². The van der Waals surface area contributed by atoms with Crippen LogP contribution in [-0.4, -0.2) is 63.1 Å². The van der Waals surface area contributed by atoms with Gasteiger partial charge in [0.15, 0.2) is 0 Å². The first-order chi connectivity index (χ1) is 20.0. The Labute approximate surface area is 247 Å². The van der Waals surface area contributed by atoms with E-state index >= 15 is 0 Å². The SMILES string of the molecule is CC(C)(C)C(=O)Nc1cc(C(F)(F)F)cnc1COC(=O)N1CCC2=C(CCN(C(=O)c3ccc(S(N)=O)cc3F)C2)C1. The fourth-order valence-corrected chi connectivity index (χ4v) is 5.01. The minimum Gasteiger partial charge on any atom is -0.443 e. The zero-order chi connectivity index (χ0) is 31.7. The summed E-state index contributed by atoms with van der Waals surface area (Å²) in [6.45, 7) is 5.38. The third-order valence-corrected chi connectivity index (χ3v) is 7.86. The number of anilines is 1. The second kappa shape index (κ2) is 12.4. The summed E-state index contributed by atoms with van der Waals surface area (Å²) in [6, 6.07) is 4.33.